The molecule has 0 aromatic rings. The molecule has 0 saturated carbocycles. The molecule has 0 aromatic carbocycles. The van der Waals surface area contributed by atoms with Crippen LogP contribution in [-0.4, -0.2) is 11.4 Å². The quantitative estimate of drug-likeness (QED) is 0.534. The normalized spacial score (nSPS) is 22.0. The molecule has 0 unspecified atom stereocenters. The van der Waals surface area contributed by atoms with Gasteiger partial charge in [0.05, 0.1) is 5.54 Å². The van der Waals surface area contributed by atoms with Gasteiger partial charge in [0.1, 0.15) is 5.84 Å². The Balaban J connectivity index is 2.93. The molecule has 1 aliphatic heterocycles. The van der Waals surface area contributed by atoms with E-state index in [0.717, 1.165) is 0 Å². The van der Waals surface area contributed by atoms with Crippen LogP contribution in [0.25, 0.3) is 0 Å². The fourth-order valence-electron chi connectivity index (χ4n) is 0.852. The molecule has 1 aliphatic rings. The maximum absolute atomic E-state index is 5.53. The van der Waals surface area contributed by atoms with Crippen LogP contribution in [0.3, 0.4) is 0 Å². The first kappa shape index (κ1) is 7.06. The summed E-state index contributed by atoms with van der Waals surface area (Å²) >= 11 is 0. The summed E-state index contributed by atoms with van der Waals surface area (Å²) in [6.45, 7) is 4.03. The van der Waals surface area contributed by atoms with Crippen LogP contribution in [0.4, 0.5) is 0 Å². The summed E-state index contributed by atoms with van der Waals surface area (Å²) < 4.78 is 0. The number of hydrogen-bond acceptors (Lipinski definition) is 2. The molecule has 10 heavy (non-hydrogen) atoms. The minimum Gasteiger partial charge on any atom is -0.384 e. The van der Waals surface area contributed by atoms with Gasteiger partial charge in [-0.05, 0) is 19.9 Å². The second-order valence-corrected chi connectivity index (χ2v) is 2.91. The van der Waals surface area contributed by atoms with Crippen LogP contribution in [0.1, 0.15) is 13.8 Å². The summed E-state index contributed by atoms with van der Waals surface area (Å²) in [7, 11) is 0. The SMILES string of the molecule is CC1(C)C=CC=CC(N)=N1. The molecule has 0 aromatic heterocycles. The Labute approximate surface area is 61.1 Å². The van der Waals surface area contributed by atoms with E-state index in [1.165, 1.54) is 0 Å². The maximum atomic E-state index is 5.53. The maximum Gasteiger partial charge on any atom is 0.119 e. The van der Waals surface area contributed by atoms with Crippen LogP contribution in [0.2, 0.25) is 0 Å². The first-order chi connectivity index (χ1) is 4.60. The molecule has 2 heteroatoms. The van der Waals surface area contributed by atoms with Crippen LogP contribution in [0, 0.1) is 0 Å². The van der Waals surface area contributed by atoms with Gasteiger partial charge in [0.2, 0.25) is 0 Å². The van der Waals surface area contributed by atoms with Gasteiger partial charge in [0.15, 0.2) is 0 Å². The highest BCUT2D eigenvalue weighted by Crippen LogP contribution is 2.12. The number of nitrogens with zero attached hydrogens (tertiary/aromatic N) is 1. The Morgan fingerprint density at radius 3 is 2.80 bits per heavy atom. The zero-order valence-electron chi connectivity index (χ0n) is 6.33. The number of allylic oxidation sites excluding steroid dienone is 2. The summed E-state index contributed by atoms with van der Waals surface area (Å²) in [6.07, 6.45) is 7.67. The number of amidine groups is 1. The van der Waals surface area contributed by atoms with E-state index in [0.29, 0.717) is 5.84 Å². The zero-order chi connectivity index (χ0) is 7.61. The minimum absolute atomic E-state index is 0.145. The average Bonchev–Trinajstić information content (AvgIpc) is 1.90. The van der Waals surface area contributed by atoms with E-state index in [4.69, 9.17) is 5.73 Å². The zero-order valence-corrected chi connectivity index (χ0v) is 6.33. The molecule has 0 amide bonds. The molecule has 2 N–H and O–H groups in total. The average molecular weight is 136 g/mol. The molecular weight excluding hydrogens is 124 g/mol. The molecule has 2 nitrogen and oxygen atoms in total. The third kappa shape index (κ3) is 1.72. The van der Waals surface area contributed by atoms with E-state index >= 15 is 0 Å². The summed E-state index contributed by atoms with van der Waals surface area (Å²) in [4.78, 5) is 4.23. The molecular formula is C8H12N2. The summed E-state index contributed by atoms with van der Waals surface area (Å²) in [5.41, 5.74) is 5.39. The van der Waals surface area contributed by atoms with Crippen LogP contribution in [-0.2, 0) is 0 Å². The molecule has 0 atom stereocenters. The number of hydrogen-bond donors (Lipinski definition) is 1. The highest BCUT2D eigenvalue weighted by molar-refractivity contribution is 5.92. The Hall–Kier alpha value is -1.05. The number of nitrogens with two attached hydrogens (primary N) is 1. The molecule has 0 spiro atoms. The first-order valence-corrected chi connectivity index (χ1v) is 3.31. The molecule has 54 valence electrons. The lowest BCUT2D eigenvalue weighted by molar-refractivity contribution is 0.658. The standard InChI is InChI=1S/C8H12N2/c1-8(2)6-4-3-5-7(9)10-8/h3-6H,1-2H3,(H2,9,10). The monoisotopic (exact) mass is 136 g/mol. The van der Waals surface area contributed by atoms with E-state index in [1.54, 1.807) is 6.08 Å². The minimum atomic E-state index is -0.145. The Kier molecular flexibility index (Phi) is 1.62. The lowest BCUT2D eigenvalue weighted by Gasteiger charge is -2.12. The topological polar surface area (TPSA) is 38.4 Å². The highest BCUT2D eigenvalue weighted by Gasteiger charge is 2.11. The number of aliphatic imine (C=N–C) groups is 1. The van der Waals surface area contributed by atoms with Gasteiger partial charge in [0.25, 0.3) is 0 Å². The van der Waals surface area contributed by atoms with Crippen molar-refractivity contribution in [3.8, 4) is 0 Å². The Bertz CT molecular complexity index is 209. The lowest BCUT2D eigenvalue weighted by atomic mass is 10.1. The van der Waals surface area contributed by atoms with Gasteiger partial charge < -0.3 is 5.73 Å². The van der Waals surface area contributed by atoms with Crippen molar-refractivity contribution in [1.29, 1.82) is 0 Å². The summed E-state index contributed by atoms with van der Waals surface area (Å²) in [6, 6.07) is 0. The van der Waals surface area contributed by atoms with Gasteiger partial charge in [0, 0.05) is 0 Å². The van der Waals surface area contributed by atoms with Crippen molar-refractivity contribution in [1.82, 2.24) is 0 Å². The first-order valence-electron chi connectivity index (χ1n) is 3.31. The highest BCUT2D eigenvalue weighted by atomic mass is 14.9. The van der Waals surface area contributed by atoms with Gasteiger partial charge in [-0.1, -0.05) is 18.2 Å². The molecule has 0 fully saturated rings. The second-order valence-electron chi connectivity index (χ2n) is 2.91. The van der Waals surface area contributed by atoms with Gasteiger partial charge in [-0.3, -0.25) is 4.99 Å². The van der Waals surface area contributed by atoms with Crippen molar-refractivity contribution in [2.45, 2.75) is 19.4 Å². The molecule has 1 rings (SSSR count). The van der Waals surface area contributed by atoms with Gasteiger partial charge >= 0.3 is 0 Å². The van der Waals surface area contributed by atoms with Gasteiger partial charge in [-0.25, -0.2) is 0 Å². The third-order valence-electron chi connectivity index (χ3n) is 1.30. The predicted molar refractivity (Wildman–Crippen MR) is 44.0 cm³/mol. The van der Waals surface area contributed by atoms with Crippen LogP contribution >= 0.6 is 0 Å². The summed E-state index contributed by atoms with van der Waals surface area (Å²) in [5.74, 6) is 0.593. The van der Waals surface area contributed by atoms with Gasteiger partial charge in [-0.2, -0.15) is 0 Å². The molecule has 0 bridgehead atoms. The fourth-order valence-corrected chi connectivity index (χ4v) is 0.852. The molecule has 1 heterocycles. The van der Waals surface area contributed by atoms with E-state index < -0.39 is 0 Å². The third-order valence-corrected chi connectivity index (χ3v) is 1.30. The molecule has 0 aliphatic carbocycles. The van der Waals surface area contributed by atoms with E-state index in [2.05, 4.69) is 4.99 Å². The van der Waals surface area contributed by atoms with Crippen molar-refractivity contribution in [3.63, 3.8) is 0 Å². The van der Waals surface area contributed by atoms with E-state index in [-0.39, 0.29) is 5.54 Å². The lowest BCUT2D eigenvalue weighted by Crippen LogP contribution is -2.18. The van der Waals surface area contributed by atoms with E-state index in [1.807, 2.05) is 32.1 Å². The van der Waals surface area contributed by atoms with Crippen LogP contribution in [0.15, 0.2) is 29.3 Å². The number of rotatable bonds is 0. The van der Waals surface area contributed by atoms with Gasteiger partial charge in [-0.15, -0.1) is 0 Å². The van der Waals surface area contributed by atoms with Crippen molar-refractivity contribution in [2.24, 2.45) is 10.7 Å². The predicted octanol–water partition coefficient (Wildman–Crippen LogP) is 1.25. The summed E-state index contributed by atoms with van der Waals surface area (Å²) in [5, 5.41) is 0. The molecule has 0 saturated heterocycles. The Morgan fingerprint density at radius 1 is 1.40 bits per heavy atom. The van der Waals surface area contributed by atoms with Crippen molar-refractivity contribution < 1.29 is 0 Å². The van der Waals surface area contributed by atoms with E-state index in [9.17, 15) is 0 Å². The van der Waals surface area contributed by atoms with Crippen molar-refractivity contribution in [3.05, 3.63) is 24.3 Å². The fraction of sp³-hybridized carbons (Fsp3) is 0.375. The van der Waals surface area contributed by atoms with Crippen LogP contribution < -0.4 is 5.73 Å². The van der Waals surface area contributed by atoms with Crippen molar-refractivity contribution in [2.75, 3.05) is 0 Å². The molecule has 0 radical (unpaired) electrons. The van der Waals surface area contributed by atoms with Crippen molar-refractivity contribution >= 4 is 5.84 Å². The Morgan fingerprint density at radius 2 is 2.10 bits per heavy atom. The smallest absolute Gasteiger partial charge is 0.119 e. The van der Waals surface area contributed by atoms with Crippen LogP contribution in [0.5, 0.6) is 0 Å². The second kappa shape index (κ2) is 2.29. The largest absolute Gasteiger partial charge is 0.384 e.